The lowest BCUT2D eigenvalue weighted by molar-refractivity contribution is -0.119. The Morgan fingerprint density at radius 1 is 0.933 bits per heavy atom. The van der Waals surface area contributed by atoms with Crippen molar-refractivity contribution in [3.05, 3.63) is 101 Å². The minimum absolute atomic E-state index is 0.235. The van der Waals surface area contributed by atoms with Crippen molar-refractivity contribution in [2.75, 3.05) is 0 Å². The van der Waals surface area contributed by atoms with Crippen molar-refractivity contribution in [1.29, 1.82) is 5.26 Å². The van der Waals surface area contributed by atoms with E-state index in [1.165, 1.54) is 22.3 Å². The van der Waals surface area contributed by atoms with Crippen molar-refractivity contribution in [3.8, 4) is 17.2 Å². The molecular weight excluding hydrogens is 368 g/mol. The van der Waals surface area contributed by atoms with Gasteiger partial charge >= 0.3 is 0 Å². The molecule has 0 fully saturated rings. The monoisotopic (exact) mass is 390 g/mol. The van der Waals surface area contributed by atoms with Gasteiger partial charge in [-0.3, -0.25) is 4.79 Å². The SMILES string of the molecule is Cc1ccc(C2=C(C#N)C(=O)N[C@@]3(CCc4cc(-c5ccccc5)ccc43)C2)cc1. The van der Waals surface area contributed by atoms with E-state index in [0.717, 1.165) is 29.5 Å². The maximum atomic E-state index is 12.9. The van der Waals surface area contributed by atoms with E-state index in [1.807, 2.05) is 49.4 Å². The first kappa shape index (κ1) is 18.4. The van der Waals surface area contributed by atoms with E-state index in [2.05, 4.69) is 41.7 Å². The maximum absolute atomic E-state index is 12.9. The summed E-state index contributed by atoms with van der Waals surface area (Å²) in [5, 5.41) is 12.9. The topological polar surface area (TPSA) is 52.9 Å². The van der Waals surface area contributed by atoms with E-state index in [1.54, 1.807) is 0 Å². The van der Waals surface area contributed by atoms with Gasteiger partial charge in [0.15, 0.2) is 0 Å². The van der Waals surface area contributed by atoms with Crippen LogP contribution in [0.5, 0.6) is 0 Å². The summed E-state index contributed by atoms with van der Waals surface area (Å²) in [6.07, 6.45) is 2.40. The summed E-state index contributed by atoms with van der Waals surface area (Å²) in [6.45, 7) is 2.04. The molecule has 3 nitrogen and oxygen atoms in total. The molecule has 1 amide bonds. The van der Waals surface area contributed by atoms with Crippen LogP contribution >= 0.6 is 0 Å². The molecule has 0 bridgehead atoms. The van der Waals surface area contributed by atoms with E-state index in [-0.39, 0.29) is 11.5 Å². The van der Waals surface area contributed by atoms with Crippen LogP contribution in [0, 0.1) is 18.3 Å². The third kappa shape index (κ3) is 2.93. The average molecular weight is 390 g/mol. The van der Waals surface area contributed by atoms with Crippen LogP contribution in [-0.2, 0) is 16.8 Å². The number of nitriles is 1. The Morgan fingerprint density at radius 3 is 2.40 bits per heavy atom. The van der Waals surface area contributed by atoms with Gasteiger partial charge in [-0.2, -0.15) is 5.26 Å². The van der Waals surface area contributed by atoms with Gasteiger partial charge in [-0.15, -0.1) is 0 Å². The number of nitrogens with zero attached hydrogens (tertiary/aromatic N) is 1. The Labute approximate surface area is 176 Å². The quantitative estimate of drug-likeness (QED) is 0.645. The molecule has 0 saturated heterocycles. The van der Waals surface area contributed by atoms with Crippen molar-refractivity contribution in [3.63, 3.8) is 0 Å². The third-order valence-corrected chi connectivity index (χ3v) is 6.42. The van der Waals surface area contributed by atoms with Crippen molar-refractivity contribution >= 4 is 11.5 Å². The van der Waals surface area contributed by atoms with Gasteiger partial charge in [0.2, 0.25) is 0 Å². The van der Waals surface area contributed by atoms with E-state index < -0.39 is 5.54 Å². The minimum Gasteiger partial charge on any atom is -0.342 e. The number of nitrogens with one attached hydrogen (secondary N) is 1. The number of aryl methyl sites for hydroxylation is 2. The van der Waals surface area contributed by atoms with Gasteiger partial charge in [0.1, 0.15) is 11.6 Å². The molecule has 1 atom stereocenters. The van der Waals surface area contributed by atoms with Gasteiger partial charge in [-0.05, 0) is 53.2 Å². The fourth-order valence-electron chi connectivity index (χ4n) is 4.84. The number of amides is 1. The highest BCUT2D eigenvalue weighted by Crippen LogP contribution is 2.47. The van der Waals surface area contributed by atoms with Gasteiger partial charge in [0.05, 0.1) is 5.54 Å². The number of carbonyl (C=O) groups is 1. The number of carbonyl (C=O) groups excluding carboxylic acids is 1. The van der Waals surface area contributed by atoms with E-state index in [0.29, 0.717) is 6.42 Å². The van der Waals surface area contributed by atoms with Gasteiger partial charge in [0, 0.05) is 6.42 Å². The Morgan fingerprint density at radius 2 is 1.67 bits per heavy atom. The van der Waals surface area contributed by atoms with Crippen LogP contribution in [-0.4, -0.2) is 5.91 Å². The summed E-state index contributed by atoms with van der Waals surface area (Å²) in [6, 6.07) is 27.2. The normalized spacial score (nSPS) is 20.1. The number of rotatable bonds is 2. The number of hydrogen-bond donors (Lipinski definition) is 1. The Bertz CT molecular complexity index is 1220. The third-order valence-electron chi connectivity index (χ3n) is 6.42. The predicted octanol–water partition coefficient (Wildman–Crippen LogP) is 5.30. The molecule has 3 aromatic carbocycles. The van der Waals surface area contributed by atoms with Crippen molar-refractivity contribution in [2.45, 2.75) is 31.7 Å². The first-order chi connectivity index (χ1) is 14.6. The number of fused-ring (bicyclic) bond motifs is 2. The van der Waals surface area contributed by atoms with Crippen LogP contribution in [0.1, 0.15) is 35.1 Å². The van der Waals surface area contributed by atoms with Gasteiger partial charge in [-0.1, -0.05) is 78.4 Å². The zero-order valence-corrected chi connectivity index (χ0v) is 16.9. The highest BCUT2D eigenvalue weighted by atomic mass is 16.2. The molecule has 1 heterocycles. The Kier molecular flexibility index (Phi) is 4.29. The van der Waals surface area contributed by atoms with E-state index >= 15 is 0 Å². The smallest absolute Gasteiger partial charge is 0.262 e. The van der Waals surface area contributed by atoms with Crippen LogP contribution < -0.4 is 5.32 Å². The highest BCUT2D eigenvalue weighted by molar-refractivity contribution is 6.07. The second kappa shape index (κ2) is 7.00. The molecule has 3 aromatic rings. The molecule has 0 radical (unpaired) electrons. The van der Waals surface area contributed by atoms with Gasteiger partial charge in [0.25, 0.3) is 5.91 Å². The van der Waals surface area contributed by atoms with E-state index in [4.69, 9.17) is 0 Å². The molecule has 1 aliphatic heterocycles. The number of hydrogen-bond acceptors (Lipinski definition) is 2. The Balaban J connectivity index is 1.57. The van der Waals surface area contributed by atoms with Crippen molar-refractivity contribution in [2.24, 2.45) is 0 Å². The summed E-state index contributed by atoms with van der Waals surface area (Å²) >= 11 is 0. The standard InChI is InChI=1S/C27H22N2O/c1-18-7-9-20(10-8-18)23-16-27(29-26(30)24(23)17-28)14-13-22-15-21(11-12-25(22)27)19-5-3-2-4-6-19/h2-12,15H,13-14,16H2,1H3,(H,29,30)/t27-/m0/s1. The zero-order chi connectivity index (χ0) is 20.7. The lowest BCUT2D eigenvalue weighted by atomic mass is 9.78. The van der Waals surface area contributed by atoms with Crippen LogP contribution in [0.3, 0.4) is 0 Å². The van der Waals surface area contributed by atoms with Gasteiger partial charge < -0.3 is 5.32 Å². The number of benzene rings is 3. The fraction of sp³-hybridized carbons (Fsp3) is 0.185. The molecule has 0 unspecified atom stereocenters. The summed E-state index contributed by atoms with van der Waals surface area (Å²) in [7, 11) is 0. The lowest BCUT2D eigenvalue weighted by Gasteiger charge is -2.37. The van der Waals surface area contributed by atoms with Crippen molar-refractivity contribution in [1.82, 2.24) is 5.32 Å². The molecular formula is C27H22N2O. The van der Waals surface area contributed by atoms with E-state index in [9.17, 15) is 10.1 Å². The molecule has 0 aromatic heterocycles. The van der Waals surface area contributed by atoms with Gasteiger partial charge in [-0.25, -0.2) is 0 Å². The molecule has 0 saturated carbocycles. The van der Waals surface area contributed by atoms with Crippen LogP contribution in [0.2, 0.25) is 0 Å². The molecule has 1 spiro atoms. The second-order valence-electron chi connectivity index (χ2n) is 8.28. The first-order valence-corrected chi connectivity index (χ1v) is 10.3. The first-order valence-electron chi connectivity index (χ1n) is 10.3. The molecule has 2 aliphatic rings. The summed E-state index contributed by atoms with van der Waals surface area (Å²) in [4.78, 5) is 12.9. The maximum Gasteiger partial charge on any atom is 0.262 e. The summed E-state index contributed by atoms with van der Waals surface area (Å²) < 4.78 is 0. The molecule has 146 valence electrons. The highest BCUT2D eigenvalue weighted by Gasteiger charge is 2.45. The Hall–Kier alpha value is -3.64. The molecule has 1 aliphatic carbocycles. The fourth-order valence-corrected chi connectivity index (χ4v) is 4.84. The van der Waals surface area contributed by atoms with Crippen LogP contribution in [0.4, 0.5) is 0 Å². The largest absolute Gasteiger partial charge is 0.342 e. The molecule has 1 N–H and O–H groups in total. The van der Waals surface area contributed by atoms with Crippen molar-refractivity contribution < 1.29 is 4.79 Å². The predicted molar refractivity (Wildman–Crippen MR) is 118 cm³/mol. The molecule has 5 rings (SSSR count). The summed E-state index contributed by atoms with van der Waals surface area (Å²) in [5.74, 6) is -0.265. The average Bonchev–Trinajstić information content (AvgIpc) is 3.11. The summed E-state index contributed by atoms with van der Waals surface area (Å²) in [5.41, 5.74) is 7.61. The zero-order valence-electron chi connectivity index (χ0n) is 16.9. The van der Waals surface area contributed by atoms with Crippen LogP contribution in [0.25, 0.3) is 16.7 Å². The second-order valence-corrected chi connectivity index (χ2v) is 8.28. The minimum atomic E-state index is -0.442. The lowest BCUT2D eigenvalue weighted by Crippen LogP contribution is -2.48. The van der Waals surface area contributed by atoms with Crippen LogP contribution in [0.15, 0.2) is 78.4 Å². The molecule has 30 heavy (non-hydrogen) atoms. The molecule has 3 heteroatoms.